The molecular formula is C17H18N2OS. The van der Waals surface area contributed by atoms with E-state index in [0.29, 0.717) is 13.1 Å². The number of benzene rings is 1. The molecule has 0 saturated heterocycles. The molecule has 4 heteroatoms. The number of amides is 1. The van der Waals surface area contributed by atoms with Crippen molar-refractivity contribution in [3.63, 3.8) is 0 Å². The van der Waals surface area contributed by atoms with E-state index in [1.165, 1.54) is 4.88 Å². The van der Waals surface area contributed by atoms with Gasteiger partial charge in [-0.05, 0) is 36.2 Å². The molecule has 3 N–H and O–H groups in total. The lowest BCUT2D eigenvalue weighted by Gasteiger charge is -2.04. The first-order valence-corrected chi connectivity index (χ1v) is 7.69. The van der Waals surface area contributed by atoms with E-state index in [4.69, 9.17) is 5.73 Å². The fourth-order valence-electron chi connectivity index (χ4n) is 1.82. The van der Waals surface area contributed by atoms with Crippen molar-refractivity contribution in [2.24, 2.45) is 5.73 Å². The number of aryl methyl sites for hydroxylation is 1. The molecule has 21 heavy (non-hydrogen) atoms. The van der Waals surface area contributed by atoms with Gasteiger partial charge >= 0.3 is 0 Å². The Hall–Kier alpha value is -2.09. The number of thiophene rings is 1. The van der Waals surface area contributed by atoms with Crippen molar-refractivity contribution in [2.75, 3.05) is 6.54 Å². The highest BCUT2D eigenvalue weighted by atomic mass is 32.1. The minimum Gasteiger partial charge on any atom is -0.347 e. The van der Waals surface area contributed by atoms with E-state index in [0.717, 1.165) is 22.4 Å². The van der Waals surface area contributed by atoms with Crippen molar-refractivity contribution in [1.82, 2.24) is 5.32 Å². The van der Waals surface area contributed by atoms with E-state index in [9.17, 15) is 4.79 Å². The fourth-order valence-corrected chi connectivity index (χ4v) is 2.68. The van der Waals surface area contributed by atoms with Gasteiger partial charge in [-0.25, -0.2) is 0 Å². The highest BCUT2D eigenvalue weighted by molar-refractivity contribution is 7.14. The molecule has 0 unspecified atom stereocenters. The molecule has 0 saturated carbocycles. The largest absolute Gasteiger partial charge is 0.347 e. The lowest BCUT2D eigenvalue weighted by Crippen LogP contribution is -2.21. The molecule has 0 fully saturated rings. The average molecular weight is 298 g/mol. The fraction of sp³-hybridized carbons (Fsp3) is 0.235. The van der Waals surface area contributed by atoms with Gasteiger partial charge < -0.3 is 11.1 Å². The Balaban J connectivity index is 1.91. The Bertz CT molecular complexity index is 662. The highest BCUT2D eigenvalue weighted by Gasteiger charge is 2.08. The standard InChI is InChI=1S/C17H18N2OS/c1-2-15-9-10-16(21-15)17(20)19-12-14-7-5-13(6-8-14)4-3-11-18/h5-10H,2,11-12,18H2,1H3,(H,19,20). The first-order chi connectivity index (χ1) is 10.2. The summed E-state index contributed by atoms with van der Waals surface area (Å²) in [7, 11) is 0. The summed E-state index contributed by atoms with van der Waals surface area (Å²) in [6.45, 7) is 2.96. The van der Waals surface area contributed by atoms with Crippen LogP contribution in [-0.4, -0.2) is 12.5 Å². The number of nitrogens with two attached hydrogens (primary N) is 1. The van der Waals surface area contributed by atoms with Gasteiger partial charge in [0.2, 0.25) is 0 Å². The SMILES string of the molecule is CCc1ccc(C(=O)NCc2ccc(C#CCN)cc2)s1. The summed E-state index contributed by atoms with van der Waals surface area (Å²) in [4.78, 5) is 14.0. The number of nitrogens with one attached hydrogen (secondary N) is 1. The van der Waals surface area contributed by atoms with Crippen LogP contribution in [0.5, 0.6) is 0 Å². The number of carbonyl (C=O) groups is 1. The highest BCUT2D eigenvalue weighted by Crippen LogP contribution is 2.16. The van der Waals surface area contributed by atoms with E-state index in [2.05, 4.69) is 24.1 Å². The molecule has 108 valence electrons. The molecule has 0 radical (unpaired) electrons. The van der Waals surface area contributed by atoms with Crippen LogP contribution in [0.3, 0.4) is 0 Å². The molecule has 2 rings (SSSR count). The summed E-state index contributed by atoms with van der Waals surface area (Å²) in [5, 5.41) is 2.93. The average Bonchev–Trinajstić information content (AvgIpc) is 3.00. The van der Waals surface area contributed by atoms with Crippen LogP contribution >= 0.6 is 11.3 Å². The molecule has 0 aliphatic carbocycles. The van der Waals surface area contributed by atoms with Crippen LogP contribution in [0.25, 0.3) is 0 Å². The number of hydrogen-bond donors (Lipinski definition) is 2. The monoisotopic (exact) mass is 298 g/mol. The lowest BCUT2D eigenvalue weighted by molar-refractivity contribution is 0.0955. The molecule has 0 aliphatic heterocycles. The molecule has 1 heterocycles. The molecular weight excluding hydrogens is 280 g/mol. The molecule has 0 atom stereocenters. The number of rotatable bonds is 4. The van der Waals surface area contributed by atoms with Crippen molar-refractivity contribution in [1.29, 1.82) is 0 Å². The van der Waals surface area contributed by atoms with Crippen molar-refractivity contribution >= 4 is 17.2 Å². The van der Waals surface area contributed by atoms with Gasteiger partial charge in [-0.1, -0.05) is 30.9 Å². The van der Waals surface area contributed by atoms with Crippen molar-refractivity contribution in [3.05, 3.63) is 57.3 Å². The molecule has 0 spiro atoms. The third-order valence-electron chi connectivity index (χ3n) is 2.98. The summed E-state index contributed by atoms with van der Waals surface area (Å²) in [5.74, 6) is 5.76. The van der Waals surface area contributed by atoms with Gasteiger partial charge in [-0.15, -0.1) is 11.3 Å². The van der Waals surface area contributed by atoms with E-state index >= 15 is 0 Å². The maximum Gasteiger partial charge on any atom is 0.261 e. The molecule has 3 nitrogen and oxygen atoms in total. The van der Waals surface area contributed by atoms with E-state index in [1.807, 2.05) is 36.4 Å². The van der Waals surface area contributed by atoms with Crippen molar-refractivity contribution in [2.45, 2.75) is 19.9 Å². The molecule has 1 aromatic carbocycles. The van der Waals surface area contributed by atoms with Crippen LogP contribution < -0.4 is 11.1 Å². The van der Waals surface area contributed by atoms with Crippen LogP contribution in [0.1, 0.15) is 32.6 Å². The Kier molecular flexibility index (Phi) is 5.56. The second-order valence-electron chi connectivity index (χ2n) is 4.51. The molecule has 2 aromatic rings. The molecule has 0 aliphatic rings. The van der Waals surface area contributed by atoms with Gasteiger partial charge in [0.05, 0.1) is 11.4 Å². The van der Waals surface area contributed by atoms with E-state index in [-0.39, 0.29) is 5.91 Å². The van der Waals surface area contributed by atoms with Gasteiger partial charge in [0.25, 0.3) is 5.91 Å². The third-order valence-corrected chi connectivity index (χ3v) is 4.20. The summed E-state index contributed by atoms with van der Waals surface area (Å²) in [6.07, 6.45) is 0.962. The minimum atomic E-state index is -0.0216. The molecule has 0 bridgehead atoms. The van der Waals surface area contributed by atoms with Crippen molar-refractivity contribution < 1.29 is 4.79 Å². The van der Waals surface area contributed by atoms with E-state index < -0.39 is 0 Å². The van der Waals surface area contributed by atoms with Crippen LogP contribution in [0.15, 0.2) is 36.4 Å². The van der Waals surface area contributed by atoms with Gasteiger partial charge in [0, 0.05) is 17.0 Å². The van der Waals surface area contributed by atoms with Crippen LogP contribution in [-0.2, 0) is 13.0 Å². The maximum absolute atomic E-state index is 12.0. The van der Waals surface area contributed by atoms with Crippen molar-refractivity contribution in [3.8, 4) is 11.8 Å². The predicted octanol–water partition coefficient (Wildman–Crippen LogP) is 2.55. The zero-order valence-corrected chi connectivity index (χ0v) is 12.8. The Morgan fingerprint density at radius 3 is 2.62 bits per heavy atom. The maximum atomic E-state index is 12.0. The summed E-state index contributed by atoms with van der Waals surface area (Å²) < 4.78 is 0. The van der Waals surface area contributed by atoms with Crippen LogP contribution in [0.4, 0.5) is 0 Å². The van der Waals surface area contributed by atoms with Gasteiger partial charge in [-0.3, -0.25) is 4.79 Å². The third kappa shape index (κ3) is 4.45. The zero-order valence-electron chi connectivity index (χ0n) is 12.0. The second-order valence-corrected chi connectivity index (χ2v) is 5.67. The first kappa shape index (κ1) is 15.3. The van der Waals surface area contributed by atoms with Gasteiger partial charge in [-0.2, -0.15) is 0 Å². The second kappa shape index (κ2) is 7.63. The predicted molar refractivity (Wildman–Crippen MR) is 87.2 cm³/mol. The first-order valence-electron chi connectivity index (χ1n) is 6.87. The molecule has 1 aromatic heterocycles. The summed E-state index contributed by atoms with van der Waals surface area (Å²) in [6, 6.07) is 11.7. The van der Waals surface area contributed by atoms with Crippen LogP contribution in [0.2, 0.25) is 0 Å². The quantitative estimate of drug-likeness (QED) is 0.852. The zero-order chi connectivity index (χ0) is 15.1. The van der Waals surface area contributed by atoms with E-state index in [1.54, 1.807) is 11.3 Å². The summed E-state index contributed by atoms with van der Waals surface area (Å²) in [5.41, 5.74) is 7.32. The number of hydrogen-bond acceptors (Lipinski definition) is 3. The summed E-state index contributed by atoms with van der Waals surface area (Å²) >= 11 is 1.55. The Labute approximate surface area is 129 Å². The smallest absolute Gasteiger partial charge is 0.261 e. The lowest BCUT2D eigenvalue weighted by atomic mass is 10.1. The minimum absolute atomic E-state index is 0.0216. The Morgan fingerprint density at radius 2 is 2.00 bits per heavy atom. The van der Waals surface area contributed by atoms with Crippen LogP contribution in [0, 0.1) is 11.8 Å². The Morgan fingerprint density at radius 1 is 1.24 bits per heavy atom. The van der Waals surface area contributed by atoms with Gasteiger partial charge in [0.15, 0.2) is 0 Å². The van der Waals surface area contributed by atoms with Gasteiger partial charge in [0.1, 0.15) is 0 Å². The molecule has 1 amide bonds. The normalized spacial score (nSPS) is 9.81. The number of carbonyl (C=O) groups excluding carboxylic acids is 1. The topological polar surface area (TPSA) is 55.1 Å².